The molecule has 0 fully saturated rings. The second-order valence-corrected chi connectivity index (χ2v) is 12.3. The van der Waals surface area contributed by atoms with Gasteiger partial charge in [0.1, 0.15) is 12.6 Å². The molecule has 0 heterocycles. The van der Waals surface area contributed by atoms with Crippen LogP contribution in [0.5, 0.6) is 0 Å². The SMILES string of the molecule is CCc1ccc(N(CC(=O)N(Cc2cccc(Br)c2)[C@@H](C)C(=O)N[C@H](C)CC)S(=O)(=O)c2ccccc2)cc1. The van der Waals surface area contributed by atoms with E-state index < -0.39 is 28.5 Å². The summed E-state index contributed by atoms with van der Waals surface area (Å²) in [6.07, 6.45) is 1.54. The third kappa shape index (κ3) is 7.92. The van der Waals surface area contributed by atoms with Gasteiger partial charge in [-0.15, -0.1) is 0 Å². The number of halogens is 1. The minimum absolute atomic E-state index is 0.0604. The normalized spacial score (nSPS) is 12.8. The molecule has 0 unspecified atom stereocenters. The van der Waals surface area contributed by atoms with Crippen molar-refractivity contribution in [3.8, 4) is 0 Å². The average molecular weight is 615 g/mol. The van der Waals surface area contributed by atoms with Crippen molar-refractivity contribution in [2.75, 3.05) is 10.8 Å². The molecule has 39 heavy (non-hydrogen) atoms. The summed E-state index contributed by atoms with van der Waals surface area (Å²) < 4.78 is 29.6. The number of nitrogens with zero attached hydrogens (tertiary/aromatic N) is 2. The maximum Gasteiger partial charge on any atom is 0.264 e. The molecule has 0 spiro atoms. The number of sulfonamides is 1. The van der Waals surface area contributed by atoms with E-state index in [1.807, 2.05) is 57.2 Å². The minimum Gasteiger partial charge on any atom is -0.352 e. The largest absolute Gasteiger partial charge is 0.352 e. The predicted molar refractivity (Wildman–Crippen MR) is 159 cm³/mol. The summed E-state index contributed by atoms with van der Waals surface area (Å²) >= 11 is 3.46. The summed E-state index contributed by atoms with van der Waals surface area (Å²) in [4.78, 5) is 28.6. The summed E-state index contributed by atoms with van der Waals surface area (Å²) in [6, 6.07) is 21.8. The quantitative estimate of drug-likeness (QED) is 0.291. The smallest absolute Gasteiger partial charge is 0.264 e. The number of hydrogen-bond donors (Lipinski definition) is 1. The molecule has 3 aromatic carbocycles. The molecule has 0 aliphatic rings. The van der Waals surface area contributed by atoms with Crippen molar-refractivity contribution >= 4 is 43.5 Å². The first kappa shape index (κ1) is 30.4. The Morgan fingerprint density at radius 2 is 1.56 bits per heavy atom. The molecule has 0 bridgehead atoms. The topological polar surface area (TPSA) is 86.8 Å². The van der Waals surface area contributed by atoms with Crippen LogP contribution in [0.15, 0.2) is 88.2 Å². The van der Waals surface area contributed by atoms with Crippen molar-refractivity contribution in [1.82, 2.24) is 10.2 Å². The van der Waals surface area contributed by atoms with Crippen LogP contribution >= 0.6 is 15.9 Å². The second kappa shape index (κ2) is 13.8. The van der Waals surface area contributed by atoms with E-state index in [-0.39, 0.29) is 23.4 Å². The third-order valence-electron chi connectivity index (χ3n) is 6.65. The number of carbonyl (C=O) groups is 2. The van der Waals surface area contributed by atoms with Gasteiger partial charge in [-0.3, -0.25) is 13.9 Å². The third-order valence-corrected chi connectivity index (χ3v) is 8.93. The molecular formula is C30H36BrN3O4S. The molecule has 7 nitrogen and oxygen atoms in total. The summed E-state index contributed by atoms with van der Waals surface area (Å²) in [5, 5.41) is 2.94. The monoisotopic (exact) mass is 613 g/mol. The Kier molecular flexibility index (Phi) is 10.7. The van der Waals surface area contributed by atoms with E-state index in [0.29, 0.717) is 5.69 Å². The fourth-order valence-electron chi connectivity index (χ4n) is 4.03. The van der Waals surface area contributed by atoms with Crippen molar-refractivity contribution < 1.29 is 18.0 Å². The van der Waals surface area contributed by atoms with Gasteiger partial charge >= 0.3 is 0 Å². The van der Waals surface area contributed by atoms with E-state index in [1.54, 1.807) is 37.3 Å². The lowest BCUT2D eigenvalue weighted by Gasteiger charge is -2.32. The molecular weight excluding hydrogens is 578 g/mol. The molecule has 2 atom stereocenters. The number of anilines is 1. The van der Waals surface area contributed by atoms with Crippen molar-refractivity contribution in [3.63, 3.8) is 0 Å². The summed E-state index contributed by atoms with van der Waals surface area (Å²) in [5.41, 5.74) is 2.24. The number of nitrogens with one attached hydrogen (secondary N) is 1. The van der Waals surface area contributed by atoms with Crippen molar-refractivity contribution in [3.05, 3.63) is 94.5 Å². The van der Waals surface area contributed by atoms with Gasteiger partial charge in [-0.1, -0.05) is 72.2 Å². The molecule has 0 saturated heterocycles. The predicted octanol–water partition coefficient (Wildman–Crippen LogP) is 5.54. The highest BCUT2D eigenvalue weighted by Crippen LogP contribution is 2.25. The van der Waals surface area contributed by atoms with Gasteiger partial charge in [0, 0.05) is 17.1 Å². The van der Waals surface area contributed by atoms with Crippen LogP contribution in [0, 0.1) is 0 Å². The molecule has 0 aliphatic heterocycles. The zero-order valence-electron chi connectivity index (χ0n) is 22.8. The number of rotatable bonds is 12. The van der Waals surface area contributed by atoms with Gasteiger partial charge in [0.15, 0.2) is 0 Å². The number of benzene rings is 3. The first-order valence-corrected chi connectivity index (χ1v) is 15.3. The summed E-state index contributed by atoms with van der Waals surface area (Å²) in [6.45, 7) is 7.23. The van der Waals surface area contributed by atoms with Gasteiger partial charge in [0.05, 0.1) is 10.6 Å². The maximum atomic E-state index is 13.9. The van der Waals surface area contributed by atoms with Crippen molar-refractivity contribution in [1.29, 1.82) is 0 Å². The zero-order valence-corrected chi connectivity index (χ0v) is 25.2. The Morgan fingerprint density at radius 3 is 2.15 bits per heavy atom. The van der Waals surface area contributed by atoms with Crippen LogP contribution in [0.2, 0.25) is 0 Å². The highest BCUT2D eigenvalue weighted by atomic mass is 79.9. The first-order chi connectivity index (χ1) is 18.6. The van der Waals surface area contributed by atoms with Gasteiger partial charge in [-0.05, 0) is 74.2 Å². The van der Waals surface area contributed by atoms with Gasteiger partial charge in [-0.25, -0.2) is 8.42 Å². The van der Waals surface area contributed by atoms with Crippen LogP contribution in [0.25, 0.3) is 0 Å². The molecule has 0 aromatic heterocycles. The Hall–Kier alpha value is -3.17. The molecule has 0 radical (unpaired) electrons. The van der Waals surface area contributed by atoms with Crippen LogP contribution in [0.3, 0.4) is 0 Å². The maximum absolute atomic E-state index is 13.9. The lowest BCUT2D eigenvalue weighted by molar-refractivity contribution is -0.139. The zero-order chi connectivity index (χ0) is 28.6. The summed E-state index contributed by atoms with van der Waals surface area (Å²) in [5.74, 6) is -0.779. The van der Waals surface area contributed by atoms with E-state index >= 15 is 0 Å². The van der Waals surface area contributed by atoms with Crippen LogP contribution in [-0.4, -0.2) is 43.8 Å². The Morgan fingerprint density at radius 1 is 0.897 bits per heavy atom. The van der Waals surface area contributed by atoms with Gasteiger partial charge in [0.25, 0.3) is 10.0 Å². The number of aryl methyl sites for hydroxylation is 1. The number of hydrogen-bond acceptors (Lipinski definition) is 4. The number of carbonyl (C=O) groups excluding carboxylic acids is 2. The average Bonchev–Trinajstić information content (AvgIpc) is 2.94. The van der Waals surface area contributed by atoms with Gasteiger partial charge in [0.2, 0.25) is 11.8 Å². The highest BCUT2D eigenvalue weighted by Gasteiger charge is 2.32. The number of amides is 2. The summed E-state index contributed by atoms with van der Waals surface area (Å²) in [7, 11) is -4.07. The second-order valence-electron chi connectivity index (χ2n) is 9.49. The molecule has 9 heteroatoms. The molecule has 0 aliphatic carbocycles. The molecule has 2 amide bonds. The fraction of sp³-hybridized carbons (Fsp3) is 0.333. The van der Waals surface area contributed by atoms with Gasteiger partial charge in [-0.2, -0.15) is 0 Å². The molecule has 3 aromatic rings. The van der Waals surface area contributed by atoms with Crippen LogP contribution in [0.4, 0.5) is 5.69 Å². The highest BCUT2D eigenvalue weighted by molar-refractivity contribution is 9.10. The standard InChI is InChI=1S/C30H36BrN3O4S/c1-5-22(3)32-30(36)23(4)33(20-25-11-10-12-26(31)19-25)29(35)21-34(27-17-15-24(6-2)16-18-27)39(37,38)28-13-8-7-9-14-28/h7-19,22-23H,5-6,20-21H2,1-4H3,(H,32,36)/t22-,23+/m1/s1. The van der Waals surface area contributed by atoms with Crippen LogP contribution < -0.4 is 9.62 Å². The van der Waals surface area contributed by atoms with E-state index in [4.69, 9.17) is 0 Å². The lowest BCUT2D eigenvalue weighted by Crippen LogP contribution is -2.52. The van der Waals surface area contributed by atoms with E-state index in [2.05, 4.69) is 21.2 Å². The first-order valence-electron chi connectivity index (χ1n) is 13.1. The Balaban J connectivity index is 2.02. The minimum atomic E-state index is -4.07. The molecule has 1 N–H and O–H groups in total. The van der Waals surface area contributed by atoms with Gasteiger partial charge < -0.3 is 10.2 Å². The Labute approximate surface area is 240 Å². The Bertz CT molecular complexity index is 1360. The van der Waals surface area contributed by atoms with E-state index in [1.165, 1.54) is 17.0 Å². The molecule has 0 saturated carbocycles. The molecule has 208 valence electrons. The van der Waals surface area contributed by atoms with Crippen LogP contribution in [-0.2, 0) is 32.6 Å². The van der Waals surface area contributed by atoms with E-state index in [0.717, 1.165) is 32.7 Å². The van der Waals surface area contributed by atoms with E-state index in [9.17, 15) is 18.0 Å². The van der Waals surface area contributed by atoms with Crippen molar-refractivity contribution in [2.45, 2.75) is 64.1 Å². The molecule has 3 rings (SSSR count). The van der Waals surface area contributed by atoms with Crippen LogP contribution in [0.1, 0.15) is 45.2 Å². The lowest BCUT2D eigenvalue weighted by atomic mass is 10.1. The fourth-order valence-corrected chi connectivity index (χ4v) is 5.91. The van der Waals surface area contributed by atoms with Crippen molar-refractivity contribution in [2.24, 2.45) is 0 Å².